The summed E-state index contributed by atoms with van der Waals surface area (Å²) in [6, 6.07) is 2.80. The number of aliphatic hydroxyl groups excluding tert-OH is 2. The fourth-order valence-corrected chi connectivity index (χ4v) is 4.92. The van der Waals surface area contributed by atoms with Crippen molar-refractivity contribution in [2.45, 2.75) is 23.6 Å². The van der Waals surface area contributed by atoms with Crippen molar-refractivity contribution in [3.8, 4) is 0 Å². The second kappa shape index (κ2) is 8.05. The molecule has 10 nitrogen and oxygen atoms in total. The normalized spacial score (nSPS) is 12.9. The summed E-state index contributed by atoms with van der Waals surface area (Å²) in [4.78, 5) is 15.6. The van der Waals surface area contributed by atoms with Crippen LogP contribution in [0.5, 0.6) is 0 Å². The number of rotatable bonds is 7. The highest BCUT2D eigenvalue weighted by atomic mass is 35.5. The minimum Gasteiger partial charge on any atom is -0.503 e. The third-order valence-corrected chi connectivity index (χ3v) is 6.68. The zero-order valence-corrected chi connectivity index (χ0v) is 17.5. The predicted molar refractivity (Wildman–Crippen MR) is 106 cm³/mol. The molecule has 154 valence electrons. The zero-order chi connectivity index (χ0) is 21.3. The number of carbonyl (C=O) groups excluding carboxylic acids is 1. The Kier molecular flexibility index (Phi) is 5.87. The molecule has 1 aliphatic carbocycles. The van der Waals surface area contributed by atoms with Crippen LogP contribution in [0.4, 0.5) is 5.95 Å². The summed E-state index contributed by atoms with van der Waals surface area (Å²) < 4.78 is 32.8. The standard InChI is InChI=1S/C16H15ClN4O6S2/c1-3-27-11(22)6-28-9-5-8(17)7(2)4-10(9)29(25,26)21-16-18-12-13(19-20-16)15(24)14(12)23/h4-5,23-24H,3,6H2,1-2H3,(H,18,20,21). The fourth-order valence-electron chi connectivity index (χ4n) is 2.33. The van der Waals surface area contributed by atoms with E-state index in [0.29, 0.717) is 10.6 Å². The summed E-state index contributed by atoms with van der Waals surface area (Å²) in [7, 11) is -4.19. The highest BCUT2D eigenvalue weighted by molar-refractivity contribution is 8.01. The van der Waals surface area contributed by atoms with Crippen LogP contribution in [0.3, 0.4) is 0 Å². The zero-order valence-electron chi connectivity index (χ0n) is 15.1. The van der Waals surface area contributed by atoms with Crippen LogP contribution in [-0.4, -0.2) is 52.1 Å². The van der Waals surface area contributed by atoms with Crippen molar-refractivity contribution >= 4 is 56.8 Å². The van der Waals surface area contributed by atoms with Gasteiger partial charge < -0.3 is 14.9 Å². The van der Waals surface area contributed by atoms with Gasteiger partial charge in [-0.15, -0.1) is 22.0 Å². The molecule has 29 heavy (non-hydrogen) atoms. The molecule has 0 saturated heterocycles. The lowest BCUT2D eigenvalue weighted by Crippen LogP contribution is -2.20. The monoisotopic (exact) mass is 458 g/mol. The molecule has 0 bridgehead atoms. The molecule has 3 rings (SSSR count). The first kappa shape index (κ1) is 21.1. The summed E-state index contributed by atoms with van der Waals surface area (Å²) in [6.07, 6.45) is 0. The molecule has 0 fully saturated rings. The Morgan fingerprint density at radius 3 is 2.62 bits per heavy atom. The number of nitrogens with one attached hydrogen (secondary N) is 1. The molecular formula is C16H15ClN4O6S2. The van der Waals surface area contributed by atoms with Gasteiger partial charge in [0.2, 0.25) is 0 Å². The molecule has 0 amide bonds. The van der Waals surface area contributed by atoms with Crippen LogP contribution < -0.4 is 4.72 Å². The van der Waals surface area contributed by atoms with Crippen LogP contribution in [0.1, 0.15) is 23.9 Å². The van der Waals surface area contributed by atoms with Crippen molar-refractivity contribution in [1.82, 2.24) is 15.2 Å². The number of fused-ring (bicyclic) bond motifs is 1. The lowest BCUT2D eigenvalue weighted by Gasteiger charge is -2.17. The lowest BCUT2D eigenvalue weighted by atomic mass is 10.1. The molecule has 0 saturated carbocycles. The number of ether oxygens (including phenoxy) is 1. The van der Waals surface area contributed by atoms with Crippen molar-refractivity contribution in [1.29, 1.82) is 0 Å². The summed E-state index contributed by atoms with van der Waals surface area (Å²) in [5.74, 6) is -1.95. The van der Waals surface area contributed by atoms with Gasteiger partial charge in [-0.05, 0) is 31.5 Å². The van der Waals surface area contributed by atoms with Gasteiger partial charge in [0.1, 0.15) is 10.6 Å². The average Bonchev–Trinajstić information content (AvgIpc) is 2.67. The molecule has 0 unspecified atom stereocenters. The third kappa shape index (κ3) is 4.23. The maximum absolute atomic E-state index is 12.9. The number of aryl methyl sites for hydroxylation is 1. The van der Waals surface area contributed by atoms with Gasteiger partial charge >= 0.3 is 5.97 Å². The minimum absolute atomic E-state index is 0.0292. The summed E-state index contributed by atoms with van der Waals surface area (Å²) in [6.45, 7) is 3.51. The Bertz CT molecular complexity index is 1140. The first-order chi connectivity index (χ1) is 13.6. The molecule has 1 heterocycles. The minimum atomic E-state index is -4.19. The molecule has 1 aromatic carbocycles. The second-order valence-corrected chi connectivity index (χ2v) is 8.85. The topological polar surface area (TPSA) is 152 Å². The van der Waals surface area contributed by atoms with Crippen LogP contribution in [0.2, 0.25) is 5.02 Å². The van der Waals surface area contributed by atoms with Crippen molar-refractivity contribution in [2.24, 2.45) is 0 Å². The number of sulfonamides is 1. The van der Waals surface area contributed by atoms with Crippen LogP contribution in [0, 0.1) is 6.92 Å². The van der Waals surface area contributed by atoms with Crippen LogP contribution >= 0.6 is 23.4 Å². The van der Waals surface area contributed by atoms with Gasteiger partial charge in [-0.2, -0.15) is 0 Å². The smallest absolute Gasteiger partial charge is 0.316 e. The van der Waals surface area contributed by atoms with Gasteiger partial charge in [-0.25, -0.2) is 18.1 Å². The number of benzene rings is 1. The van der Waals surface area contributed by atoms with Crippen LogP contribution in [0.25, 0.3) is 11.5 Å². The largest absolute Gasteiger partial charge is 0.503 e. The van der Waals surface area contributed by atoms with E-state index < -0.39 is 33.5 Å². The van der Waals surface area contributed by atoms with E-state index in [-0.39, 0.29) is 33.5 Å². The van der Waals surface area contributed by atoms with Crippen LogP contribution in [-0.2, 0) is 19.6 Å². The number of hydrogen-bond donors (Lipinski definition) is 3. The number of aromatic nitrogens is 3. The van der Waals surface area contributed by atoms with Gasteiger partial charge in [-0.1, -0.05) is 11.6 Å². The fraction of sp³-hybridized carbons (Fsp3) is 0.250. The summed E-state index contributed by atoms with van der Waals surface area (Å²) >= 11 is 7.07. The molecule has 0 spiro atoms. The molecule has 1 aliphatic rings. The van der Waals surface area contributed by atoms with Crippen molar-refractivity contribution in [3.63, 3.8) is 0 Å². The van der Waals surface area contributed by atoms with E-state index in [9.17, 15) is 23.4 Å². The predicted octanol–water partition coefficient (Wildman–Crippen LogP) is 2.54. The molecule has 1 aromatic heterocycles. The SMILES string of the molecule is CCOC(=O)CSc1cc(Cl)c(C)cc1S(=O)(=O)Nc1nnc2c(n1)C(O)=C2O. The van der Waals surface area contributed by atoms with Crippen LogP contribution in [0.15, 0.2) is 21.9 Å². The van der Waals surface area contributed by atoms with Crippen molar-refractivity contribution < 1.29 is 28.2 Å². The number of nitrogens with zero attached hydrogens (tertiary/aromatic N) is 3. The molecule has 3 N–H and O–H groups in total. The highest BCUT2D eigenvalue weighted by Crippen LogP contribution is 2.35. The Labute approximate surface area is 175 Å². The van der Waals surface area contributed by atoms with Crippen molar-refractivity contribution in [2.75, 3.05) is 17.1 Å². The lowest BCUT2D eigenvalue weighted by molar-refractivity contribution is -0.139. The van der Waals surface area contributed by atoms with Gasteiger partial charge in [0.15, 0.2) is 17.2 Å². The molecule has 13 heteroatoms. The van der Waals surface area contributed by atoms with E-state index >= 15 is 0 Å². The van der Waals surface area contributed by atoms with E-state index in [4.69, 9.17) is 16.3 Å². The number of aliphatic hydroxyl groups is 2. The summed E-state index contributed by atoms with van der Waals surface area (Å²) in [5, 5.41) is 26.5. The maximum atomic E-state index is 12.9. The quantitative estimate of drug-likeness (QED) is 0.416. The Morgan fingerprint density at radius 1 is 1.24 bits per heavy atom. The third-order valence-electron chi connectivity index (χ3n) is 3.75. The Morgan fingerprint density at radius 2 is 1.93 bits per heavy atom. The molecule has 0 radical (unpaired) electrons. The molecule has 0 aliphatic heterocycles. The number of anilines is 1. The number of halogens is 1. The first-order valence-corrected chi connectivity index (χ1v) is 11.0. The van der Waals surface area contributed by atoms with E-state index in [1.54, 1.807) is 13.8 Å². The maximum Gasteiger partial charge on any atom is 0.316 e. The number of esters is 1. The Hall–Kier alpha value is -2.57. The highest BCUT2D eigenvalue weighted by Gasteiger charge is 2.31. The second-order valence-electron chi connectivity index (χ2n) is 5.78. The molecular weight excluding hydrogens is 444 g/mol. The van der Waals surface area contributed by atoms with E-state index in [0.717, 1.165) is 11.8 Å². The van der Waals surface area contributed by atoms with E-state index in [1.165, 1.54) is 12.1 Å². The Balaban J connectivity index is 1.90. The average molecular weight is 459 g/mol. The van der Waals surface area contributed by atoms with Gasteiger partial charge in [-0.3, -0.25) is 4.79 Å². The molecule has 0 atom stereocenters. The number of carbonyl (C=O) groups is 1. The van der Waals surface area contributed by atoms with Crippen molar-refractivity contribution in [3.05, 3.63) is 34.1 Å². The van der Waals surface area contributed by atoms with Gasteiger partial charge in [0.25, 0.3) is 16.0 Å². The summed E-state index contributed by atoms with van der Waals surface area (Å²) in [5.41, 5.74) is 0.409. The first-order valence-electron chi connectivity index (χ1n) is 8.13. The number of hydrogen-bond acceptors (Lipinski definition) is 10. The number of thioether (sulfide) groups is 1. The van der Waals surface area contributed by atoms with Gasteiger partial charge in [0.05, 0.1) is 12.4 Å². The van der Waals surface area contributed by atoms with E-state index in [1.807, 2.05) is 0 Å². The van der Waals surface area contributed by atoms with Gasteiger partial charge in [0, 0.05) is 9.92 Å². The van der Waals surface area contributed by atoms with E-state index in [2.05, 4.69) is 19.9 Å². The molecule has 2 aromatic rings.